The highest BCUT2D eigenvalue weighted by Crippen LogP contribution is 2.34. The molecule has 0 aliphatic rings. The molecule has 5 aromatic rings. The van der Waals surface area contributed by atoms with Gasteiger partial charge >= 0.3 is 6.18 Å². The topological polar surface area (TPSA) is 54.9 Å². The molecule has 0 unspecified atom stereocenters. The Labute approximate surface area is 172 Å². The predicted molar refractivity (Wildman–Crippen MR) is 112 cm³/mol. The molecule has 1 N–H and O–H groups in total. The number of aromatic nitrogens is 2. The summed E-state index contributed by atoms with van der Waals surface area (Å²) in [5.74, 6) is -0.496. The maximum absolute atomic E-state index is 12.9. The number of carbonyl (C=O) groups is 1. The molecule has 3 aromatic carbocycles. The summed E-state index contributed by atoms with van der Waals surface area (Å²) in [4.78, 5) is 22.7. The highest BCUT2D eigenvalue weighted by molar-refractivity contribution is 7.25. The average molecular weight is 423 g/mol. The van der Waals surface area contributed by atoms with Gasteiger partial charge in [-0.15, -0.1) is 11.3 Å². The summed E-state index contributed by atoms with van der Waals surface area (Å²) in [5.41, 5.74) is 1.83. The molecule has 1 amide bonds. The van der Waals surface area contributed by atoms with Crippen LogP contribution in [-0.4, -0.2) is 15.9 Å². The number of anilines is 1. The van der Waals surface area contributed by atoms with E-state index in [4.69, 9.17) is 0 Å². The number of hydrogen-bond donors (Lipinski definition) is 1. The van der Waals surface area contributed by atoms with Gasteiger partial charge in [0, 0.05) is 21.3 Å². The van der Waals surface area contributed by atoms with Crippen LogP contribution in [0.15, 0.2) is 66.7 Å². The summed E-state index contributed by atoms with van der Waals surface area (Å²) in [6, 6.07) is 17.2. The highest BCUT2D eigenvalue weighted by Gasteiger charge is 2.30. The molecule has 2 heterocycles. The summed E-state index contributed by atoms with van der Waals surface area (Å²) in [5, 5.41) is 3.32. The third-order valence-corrected chi connectivity index (χ3v) is 5.74. The number of para-hydroxylation sites is 2. The van der Waals surface area contributed by atoms with E-state index in [1.807, 2.05) is 24.3 Å². The van der Waals surface area contributed by atoms with Gasteiger partial charge in [-0.2, -0.15) is 13.2 Å². The Morgan fingerprint density at radius 2 is 1.67 bits per heavy atom. The van der Waals surface area contributed by atoms with Crippen molar-refractivity contribution in [2.75, 3.05) is 5.32 Å². The lowest BCUT2D eigenvalue weighted by Crippen LogP contribution is -2.13. The molecule has 0 aliphatic heterocycles. The van der Waals surface area contributed by atoms with Crippen LogP contribution < -0.4 is 5.32 Å². The predicted octanol–water partition coefficient (Wildman–Crippen LogP) is 6.27. The van der Waals surface area contributed by atoms with Crippen LogP contribution in [0.2, 0.25) is 0 Å². The van der Waals surface area contributed by atoms with Gasteiger partial charge in [0.2, 0.25) is 0 Å². The zero-order chi connectivity index (χ0) is 20.9. The van der Waals surface area contributed by atoms with Gasteiger partial charge in [0.05, 0.1) is 16.6 Å². The second-order valence-corrected chi connectivity index (χ2v) is 7.74. The van der Waals surface area contributed by atoms with Gasteiger partial charge < -0.3 is 5.32 Å². The van der Waals surface area contributed by atoms with Gasteiger partial charge in [-0.05, 0) is 48.5 Å². The fraction of sp³-hybridized carbons (Fsp3) is 0.0455. The van der Waals surface area contributed by atoms with Crippen LogP contribution in [-0.2, 0) is 6.18 Å². The number of amides is 1. The molecule has 0 aliphatic carbocycles. The van der Waals surface area contributed by atoms with Crippen molar-refractivity contribution >= 4 is 54.4 Å². The molecule has 30 heavy (non-hydrogen) atoms. The Morgan fingerprint density at radius 3 is 2.43 bits per heavy atom. The smallest absolute Gasteiger partial charge is 0.322 e. The van der Waals surface area contributed by atoms with Gasteiger partial charge in [0.1, 0.15) is 10.3 Å². The van der Waals surface area contributed by atoms with E-state index in [0.717, 1.165) is 38.1 Å². The second-order valence-electron chi connectivity index (χ2n) is 6.71. The zero-order valence-corrected chi connectivity index (χ0v) is 16.0. The van der Waals surface area contributed by atoms with E-state index in [1.165, 1.54) is 23.5 Å². The quantitative estimate of drug-likeness (QED) is 0.364. The van der Waals surface area contributed by atoms with E-state index in [0.29, 0.717) is 11.1 Å². The summed E-state index contributed by atoms with van der Waals surface area (Å²) in [7, 11) is 0. The highest BCUT2D eigenvalue weighted by atomic mass is 32.1. The van der Waals surface area contributed by atoms with Crippen LogP contribution in [0.25, 0.3) is 31.5 Å². The number of carbonyl (C=O) groups excluding carboxylic acids is 1. The fourth-order valence-electron chi connectivity index (χ4n) is 3.26. The third kappa shape index (κ3) is 3.25. The minimum Gasteiger partial charge on any atom is -0.322 e. The molecule has 4 nitrogen and oxygen atoms in total. The molecule has 8 heteroatoms. The molecule has 0 bridgehead atoms. The lowest BCUT2D eigenvalue weighted by molar-refractivity contribution is -0.137. The van der Waals surface area contributed by atoms with E-state index in [-0.39, 0.29) is 5.69 Å². The molecule has 0 saturated carbocycles. The van der Waals surface area contributed by atoms with Crippen molar-refractivity contribution in [2.45, 2.75) is 6.18 Å². The fourth-order valence-corrected chi connectivity index (χ4v) is 4.26. The molecule has 0 spiro atoms. The van der Waals surface area contributed by atoms with Crippen LogP contribution in [0.5, 0.6) is 0 Å². The van der Waals surface area contributed by atoms with Crippen LogP contribution in [0, 0.1) is 0 Å². The summed E-state index contributed by atoms with van der Waals surface area (Å²) in [6.45, 7) is 0. The number of alkyl halides is 3. The lowest BCUT2D eigenvalue weighted by atomic mass is 10.1. The first-order chi connectivity index (χ1) is 14.4. The monoisotopic (exact) mass is 423 g/mol. The Kier molecular flexibility index (Phi) is 4.18. The van der Waals surface area contributed by atoms with E-state index in [9.17, 15) is 18.0 Å². The van der Waals surface area contributed by atoms with Crippen molar-refractivity contribution in [3.8, 4) is 0 Å². The van der Waals surface area contributed by atoms with Crippen LogP contribution in [0.3, 0.4) is 0 Å². The Morgan fingerprint density at radius 1 is 0.900 bits per heavy atom. The first-order valence-electron chi connectivity index (χ1n) is 8.96. The number of thiophene rings is 1. The maximum atomic E-state index is 12.9. The lowest BCUT2D eigenvalue weighted by Gasteiger charge is -2.10. The van der Waals surface area contributed by atoms with Crippen LogP contribution in [0.1, 0.15) is 15.9 Å². The number of hydrogen-bond acceptors (Lipinski definition) is 4. The van der Waals surface area contributed by atoms with E-state index >= 15 is 0 Å². The summed E-state index contributed by atoms with van der Waals surface area (Å²) < 4.78 is 39.6. The number of halogens is 3. The SMILES string of the molecule is O=C(Nc1cccc(C(F)(F)F)c1)c1ccc2sc3nc4ccccc4nc3c2c1. The minimum absolute atomic E-state index is 0.0795. The normalized spacial score (nSPS) is 12.0. The summed E-state index contributed by atoms with van der Waals surface area (Å²) >= 11 is 1.48. The van der Waals surface area contributed by atoms with Gasteiger partial charge in [0.15, 0.2) is 0 Å². The van der Waals surface area contributed by atoms with Crippen molar-refractivity contribution < 1.29 is 18.0 Å². The number of nitrogens with zero attached hydrogens (tertiary/aromatic N) is 2. The second kappa shape index (κ2) is 6.77. The van der Waals surface area contributed by atoms with Crippen molar-refractivity contribution in [3.05, 3.63) is 77.9 Å². The molecule has 0 radical (unpaired) electrons. The van der Waals surface area contributed by atoms with Gasteiger partial charge in [-0.1, -0.05) is 18.2 Å². The largest absolute Gasteiger partial charge is 0.416 e. The molecule has 5 rings (SSSR count). The van der Waals surface area contributed by atoms with Crippen molar-refractivity contribution in [3.63, 3.8) is 0 Å². The van der Waals surface area contributed by atoms with Crippen molar-refractivity contribution in [1.29, 1.82) is 0 Å². The van der Waals surface area contributed by atoms with Crippen molar-refractivity contribution in [1.82, 2.24) is 9.97 Å². The molecule has 0 atom stereocenters. The van der Waals surface area contributed by atoms with Crippen molar-refractivity contribution in [2.24, 2.45) is 0 Å². The molecule has 0 saturated heterocycles. The average Bonchev–Trinajstić information content (AvgIpc) is 3.08. The molecular formula is C22H12F3N3OS. The van der Waals surface area contributed by atoms with Gasteiger partial charge in [0.25, 0.3) is 5.91 Å². The number of fused-ring (bicyclic) bond motifs is 4. The first kappa shape index (κ1) is 18.5. The molecular weight excluding hydrogens is 411 g/mol. The molecule has 0 fully saturated rings. The standard InChI is InChI=1S/C22H12F3N3OS/c23-22(24,25)13-4-3-5-14(11-13)26-20(29)12-8-9-18-15(10-12)19-21(30-18)28-17-7-2-1-6-16(17)27-19/h1-11H,(H,26,29). The number of nitrogens with one attached hydrogen (secondary N) is 1. The van der Waals surface area contributed by atoms with Gasteiger partial charge in [-0.3, -0.25) is 4.79 Å². The zero-order valence-electron chi connectivity index (χ0n) is 15.2. The minimum atomic E-state index is -4.48. The van der Waals surface area contributed by atoms with Crippen LogP contribution >= 0.6 is 11.3 Å². The van der Waals surface area contributed by atoms with E-state index in [1.54, 1.807) is 18.2 Å². The van der Waals surface area contributed by atoms with Crippen LogP contribution in [0.4, 0.5) is 18.9 Å². The Balaban J connectivity index is 1.53. The molecule has 2 aromatic heterocycles. The van der Waals surface area contributed by atoms with E-state index < -0.39 is 17.6 Å². The Hall–Kier alpha value is -3.52. The number of benzene rings is 3. The molecule has 148 valence electrons. The van der Waals surface area contributed by atoms with Gasteiger partial charge in [-0.25, -0.2) is 9.97 Å². The van der Waals surface area contributed by atoms with E-state index in [2.05, 4.69) is 15.3 Å². The first-order valence-corrected chi connectivity index (χ1v) is 9.78. The number of rotatable bonds is 2. The third-order valence-electron chi connectivity index (χ3n) is 4.69. The summed E-state index contributed by atoms with van der Waals surface area (Å²) in [6.07, 6.45) is -4.48. The Bertz CT molecular complexity index is 1440. The maximum Gasteiger partial charge on any atom is 0.416 e.